The molecule has 0 bridgehead atoms. The predicted octanol–water partition coefficient (Wildman–Crippen LogP) is 0.358. The normalized spacial score (nSPS) is 18.8. The third-order valence-electron chi connectivity index (χ3n) is 3.69. The molecule has 0 aromatic heterocycles. The number of amidine groups is 1. The molecule has 1 atom stereocenters. The highest BCUT2D eigenvalue weighted by atomic mass is 16.4. The third-order valence-corrected chi connectivity index (χ3v) is 3.69. The van der Waals surface area contributed by atoms with Crippen LogP contribution in [-0.2, 0) is 4.79 Å². The van der Waals surface area contributed by atoms with Gasteiger partial charge in [0, 0.05) is 18.6 Å². The van der Waals surface area contributed by atoms with Crippen molar-refractivity contribution in [3.8, 4) is 0 Å². The van der Waals surface area contributed by atoms with E-state index in [1.807, 2.05) is 0 Å². The molecular weight excluding hydrogens is 232 g/mol. The minimum absolute atomic E-state index is 0.0804. The molecule has 0 heterocycles. The monoisotopic (exact) mass is 256 g/mol. The van der Waals surface area contributed by atoms with Gasteiger partial charge in [-0.15, -0.1) is 0 Å². The van der Waals surface area contributed by atoms with Gasteiger partial charge in [0.05, 0.1) is 0 Å². The lowest BCUT2D eigenvalue weighted by Gasteiger charge is -2.27. The van der Waals surface area contributed by atoms with Crippen molar-refractivity contribution in [1.29, 1.82) is 0 Å². The van der Waals surface area contributed by atoms with Crippen molar-refractivity contribution in [3.05, 3.63) is 0 Å². The van der Waals surface area contributed by atoms with Crippen LogP contribution in [0, 0.1) is 5.41 Å². The van der Waals surface area contributed by atoms with Crippen molar-refractivity contribution in [3.63, 3.8) is 0 Å². The number of oxime groups is 1. The molecular formula is C12H24N4O2. The molecule has 1 saturated carbocycles. The lowest BCUT2D eigenvalue weighted by atomic mass is 9.91. The standard InChI is InChI=1S/C12H24N4O2/c1-8(16(4)9-5-6-9)7-14-11(17)12(2,3)10(13)15-18/h8-9,18H,5-7H2,1-4H3,(H2,13,15)(H,14,17). The van der Waals surface area contributed by atoms with Gasteiger partial charge in [0.1, 0.15) is 5.41 Å². The van der Waals surface area contributed by atoms with Gasteiger partial charge in [0.15, 0.2) is 5.84 Å². The highest BCUT2D eigenvalue weighted by Crippen LogP contribution is 2.26. The lowest BCUT2D eigenvalue weighted by Crippen LogP contribution is -2.49. The molecule has 4 N–H and O–H groups in total. The van der Waals surface area contributed by atoms with Crippen molar-refractivity contribution < 1.29 is 10.0 Å². The summed E-state index contributed by atoms with van der Waals surface area (Å²) in [5.41, 5.74) is 4.51. The van der Waals surface area contributed by atoms with Crippen molar-refractivity contribution in [1.82, 2.24) is 10.2 Å². The molecule has 1 aliphatic carbocycles. The van der Waals surface area contributed by atoms with E-state index >= 15 is 0 Å². The number of rotatable bonds is 6. The van der Waals surface area contributed by atoms with Crippen LogP contribution in [0.5, 0.6) is 0 Å². The molecule has 6 heteroatoms. The second-order valence-electron chi connectivity index (χ2n) is 5.57. The summed E-state index contributed by atoms with van der Waals surface area (Å²) in [6.07, 6.45) is 2.48. The number of hydrogen-bond acceptors (Lipinski definition) is 4. The number of amides is 1. The van der Waals surface area contributed by atoms with Crippen LogP contribution in [0.15, 0.2) is 5.16 Å². The average Bonchev–Trinajstić information content (AvgIpc) is 3.17. The second kappa shape index (κ2) is 5.56. The Kier molecular flexibility index (Phi) is 4.56. The number of nitrogens with two attached hydrogens (primary N) is 1. The van der Waals surface area contributed by atoms with E-state index in [1.54, 1.807) is 13.8 Å². The second-order valence-corrected chi connectivity index (χ2v) is 5.57. The first-order chi connectivity index (χ1) is 8.30. The van der Waals surface area contributed by atoms with E-state index in [1.165, 1.54) is 12.8 Å². The molecule has 104 valence electrons. The van der Waals surface area contributed by atoms with Gasteiger partial charge in [-0.1, -0.05) is 5.16 Å². The highest BCUT2D eigenvalue weighted by molar-refractivity contribution is 6.05. The van der Waals surface area contributed by atoms with Gasteiger partial charge in [-0.3, -0.25) is 9.69 Å². The molecule has 0 spiro atoms. The first kappa shape index (κ1) is 14.8. The first-order valence-corrected chi connectivity index (χ1v) is 6.29. The molecule has 0 aromatic carbocycles. The number of carbonyl (C=O) groups is 1. The minimum atomic E-state index is -0.993. The summed E-state index contributed by atoms with van der Waals surface area (Å²) < 4.78 is 0. The van der Waals surface area contributed by atoms with E-state index in [-0.39, 0.29) is 17.8 Å². The van der Waals surface area contributed by atoms with Gasteiger partial charge in [-0.2, -0.15) is 0 Å². The van der Waals surface area contributed by atoms with Gasteiger partial charge in [-0.25, -0.2) is 0 Å². The first-order valence-electron chi connectivity index (χ1n) is 6.29. The Morgan fingerprint density at radius 3 is 2.61 bits per heavy atom. The zero-order chi connectivity index (χ0) is 13.9. The predicted molar refractivity (Wildman–Crippen MR) is 70.4 cm³/mol. The summed E-state index contributed by atoms with van der Waals surface area (Å²) in [4.78, 5) is 14.3. The van der Waals surface area contributed by atoms with Crippen LogP contribution in [0.1, 0.15) is 33.6 Å². The highest BCUT2D eigenvalue weighted by Gasteiger charge is 2.34. The minimum Gasteiger partial charge on any atom is -0.409 e. The molecule has 1 unspecified atom stereocenters. The maximum atomic E-state index is 12.0. The Morgan fingerprint density at radius 2 is 2.17 bits per heavy atom. The van der Waals surface area contributed by atoms with E-state index in [2.05, 4.69) is 29.3 Å². The summed E-state index contributed by atoms with van der Waals surface area (Å²) in [5.74, 6) is -0.308. The van der Waals surface area contributed by atoms with E-state index in [0.717, 1.165) is 0 Å². The van der Waals surface area contributed by atoms with E-state index < -0.39 is 5.41 Å². The summed E-state index contributed by atoms with van der Waals surface area (Å²) in [7, 11) is 2.07. The molecule has 0 aliphatic heterocycles. The smallest absolute Gasteiger partial charge is 0.233 e. The topological polar surface area (TPSA) is 91.0 Å². The largest absolute Gasteiger partial charge is 0.409 e. The molecule has 0 aromatic rings. The van der Waals surface area contributed by atoms with Crippen molar-refractivity contribution in [2.45, 2.75) is 45.7 Å². The van der Waals surface area contributed by atoms with E-state index in [0.29, 0.717) is 12.6 Å². The van der Waals surface area contributed by atoms with Crippen molar-refractivity contribution in [2.24, 2.45) is 16.3 Å². The van der Waals surface area contributed by atoms with Crippen LogP contribution in [-0.4, -0.2) is 47.5 Å². The Morgan fingerprint density at radius 1 is 1.61 bits per heavy atom. The van der Waals surface area contributed by atoms with Crippen LogP contribution in [0.2, 0.25) is 0 Å². The Balaban J connectivity index is 2.45. The van der Waals surface area contributed by atoms with Crippen LogP contribution < -0.4 is 11.1 Å². The molecule has 1 rings (SSSR count). The summed E-state index contributed by atoms with van der Waals surface area (Å²) in [6.45, 7) is 5.91. The lowest BCUT2D eigenvalue weighted by molar-refractivity contribution is -0.126. The fourth-order valence-corrected chi connectivity index (χ4v) is 1.69. The van der Waals surface area contributed by atoms with Crippen LogP contribution in [0.3, 0.4) is 0 Å². The van der Waals surface area contributed by atoms with E-state index in [4.69, 9.17) is 10.9 Å². The fraction of sp³-hybridized carbons (Fsp3) is 0.833. The Hall–Kier alpha value is -1.30. The van der Waals surface area contributed by atoms with Crippen molar-refractivity contribution >= 4 is 11.7 Å². The summed E-state index contributed by atoms with van der Waals surface area (Å²) >= 11 is 0. The van der Waals surface area contributed by atoms with Crippen molar-refractivity contribution in [2.75, 3.05) is 13.6 Å². The van der Waals surface area contributed by atoms with Crippen LogP contribution in [0.25, 0.3) is 0 Å². The summed E-state index contributed by atoms with van der Waals surface area (Å²) in [5, 5.41) is 14.4. The van der Waals surface area contributed by atoms with Crippen LogP contribution in [0.4, 0.5) is 0 Å². The SMILES string of the molecule is CC(CNC(=O)C(C)(C)C(N)=NO)N(C)C1CC1. The summed E-state index contributed by atoms with van der Waals surface area (Å²) in [6, 6.07) is 0.943. The molecule has 1 fully saturated rings. The van der Waals surface area contributed by atoms with Gasteiger partial charge in [0.2, 0.25) is 5.91 Å². The molecule has 6 nitrogen and oxygen atoms in total. The van der Waals surface area contributed by atoms with Gasteiger partial charge in [0.25, 0.3) is 0 Å². The maximum absolute atomic E-state index is 12.0. The number of nitrogens with zero attached hydrogens (tertiary/aromatic N) is 2. The zero-order valence-corrected chi connectivity index (χ0v) is 11.6. The number of carbonyl (C=O) groups excluding carboxylic acids is 1. The van der Waals surface area contributed by atoms with Gasteiger partial charge in [-0.05, 0) is 40.7 Å². The quantitative estimate of drug-likeness (QED) is 0.277. The number of hydrogen-bond donors (Lipinski definition) is 3. The average molecular weight is 256 g/mol. The Labute approximate surface area is 108 Å². The number of nitrogens with one attached hydrogen (secondary N) is 1. The zero-order valence-electron chi connectivity index (χ0n) is 11.6. The number of likely N-dealkylation sites (N-methyl/N-ethyl adjacent to an activating group) is 1. The Bertz CT molecular complexity index is 337. The van der Waals surface area contributed by atoms with Gasteiger partial charge >= 0.3 is 0 Å². The maximum Gasteiger partial charge on any atom is 0.233 e. The van der Waals surface area contributed by atoms with Gasteiger partial charge < -0.3 is 16.3 Å². The molecule has 1 amide bonds. The molecule has 0 radical (unpaired) electrons. The molecule has 1 aliphatic rings. The van der Waals surface area contributed by atoms with Crippen LogP contribution >= 0.6 is 0 Å². The molecule has 18 heavy (non-hydrogen) atoms. The van der Waals surface area contributed by atoms with E-state index in [9.17, 15) is 4.79 Å². The molecule has 0 saturated heterocycles. The fourth-order valence-electron chi connectivity index (χ4n) is 1.69. The third kappa shape index (κ3) is 3.35.